The van der Waals surface area contributed by atoms with E-state index in [0.29, 0.717) is 0 Å². The molecule has 0 aliphatic carbocycles. The van der Waals surface area contributed by atoms with Gasteiger partial charge in [-0.3, -0.25) is 0 Å². The summed E-state index contributed by atoms with van der Waals surface area (Å²) in [6.45, 7) is -0.0956. The Morgan fingerprint density at radius 3 is 1.85 bits per heavy atom. The Morgan fingerprint density at radius 1 is 1.15 bits per heavy atom. The molecule has 0 aromatic heterocycles. The normalized spacial score (nSPS) is 13.7. The van der Waals surface area contributed by atoms with Gasteiger partial charge in [-0.2, -0.15) is 13.2 Å². The third-order valence-electron chi connectivity index (χ3n) is 1.26. The molecule has 0 aliphatic heterocycles. The van der Waals surface area contributed by atoms with Crippen molar-refractivity contribution in [3.63, 3.8) is 0 Å². The van der Waals surface area contributed by atoms with Crippen molar-refractivity contribution in [2.24, 2.45) is 0 Å². The van der Waals surface area contributed by atoms with Crippen LogP contribution in [-0.2, 0) is 0 Å². The summed E-state index contributed by atoms with van der Waals surface area (Å²) in [5.74, 6) is 0. The smallest absolute Gasteiger partial charge is 0.383 e. The van der Waals surface area contributed by atoms with E-state index in [2.05, 4.69) is 0 Å². The van der Waals surface area contributed by atoms with Gasteiger partial charge in [-0.05, 0) is 14.1 Å². The summed E-state index contributed by atoms with van der Waals surface area (Å²) < 4.78 is 37.0. The summed E-state index contributed by atoms with van der Waals surface area (Å²) in [6, 6.07) is 0. The molecule has 0 fully saturated rings. The fraction of sp³-hybridized carbons (Fsp3) is 0.750. The first-order chi connectivity index (χ1) is 5.73. The lowest BCUT2D eigenvalue weighted by atomic mass is 10.2. The summed E-state index contributed by atoms with van der Waals surface area (Å²) in [7, 11) is 6.35. The molecule has 0 aromatic carbocycles. The van der Waals surface area contributed by atoms with Gasteiger partial charge in [-0.25, -0.2) is 0 Å². The molecule has 0 unspecified atom stereocenters. The number of hydrogen-bond donors (Lipinski definition) is 0. The molecule has 0 spiro atoms. The molecule has 2 nitrogen and oxygen atoms in total. The van der Waals surface area contributed by atoms with Gasteiger partial charge in [0.25, 0.3) is 0 Å². The Kier molecular flexibility index (Phi) is 4.26. The van der Waals surface area contributed by atoms with E-state index in [-0.39, 0.29) is 6.54 Å². The highest BCUT2D eigenvalue weighted by Crippen LogP contribution is 2.25. The van der Waals surface area contributed by atoms with Crippen molar-refractivity contribution < 1.29 is 13.2 Å². The zero-order valence-corrected chi connectivity index (χ0v) is 8.31. The van der Waals surface area contributed by atoms with Gasteiger partial charge in [0.1, 0.15) is 0 Å². The molecule has 0 saturated carbocycles. The van der Waals surface area contributed by atoms with Gasteiger partial charge >= 0.3 is 6.18 Å². The van der Waals surface area contributed by atoms with E-state index in [9.17, 15) is 13.2 Å². The van der Waals surface area contributed by atoms with Crippen LogP contribution in [0.5, 0.6) is 0 Å². The number of rotatable bonds is 3. The molecule has 0 N–H and O–H groups in total. The summed E-state index contributed by atoms with van der Waals surface area (Å²) in [5.41, 5.74) is -0.539. The van der Waals surface area contributed by atoms with Crippen molar-refractivity contribution in [2.45, 2.75) is 6.18 Å². The Balaban J connectivity index is 4.57. The Labute approximate surface area is 76.6 Å². The topological polar surface area (TPSA) is 6.48 Å². The molecule has 0 aliphatic rings. The molecule has 78 valence electrons. The third kappa shape index (κ3) is 5.52. The summed E-state index contributed by atoms with van der Waals surface area (Å²) in [6.07, 6.45) is -3.14. The SMILES string of the molecule is CN(C)/C=C(/CN(C)C)C(F)(F)F. The minimum Gasteiger partial charge on any atom is -0.383 e. The fourth-order valence-electron chi connectivity index (χ4n) is 0.856. The molecule has 0 radical (unpaired) electrons. The summed E-state index contributed by atoms with van der Waals surface area (Å²) >= 11 is 0. The minimum absolute atomic E-state index is 0.0956. The molecule has 0 bridgehead atoms. The molecular weight excluding hydrogens is 181 g/mol. The standard InChI is InChI=1S/C8H15F3N2/c1-12(2)5-7(6-13(3)4)8(9,10)11/h5H,6H2,1-4H3/b7-5-. The molecule has 0 atom stereocenters. The summed E-state index contributed by atoms with van der Waals surface area (Å²) in [5, 5.41) is 0. The van der Waals surface area contributed by atoms with Gasteiger partial charge in [0.2, 0.25) is 0 Å². The summed E-state index contributed by atoms with van der Waals surface area (Å²) in [4.78, 5) is 2.88. The van der Waals surface area contributed by atoms with Crippen molar-refractivity contribution in [1.29, 1.82) is 0 Å². The first-order valence-electron chi connectivity index (χ1n) is 3.82. The van der Waals surface area contributed by atoms with E-state index in [1.54, 1.807) is 28.2 Å². The highest BCUT2D eigenvalue weighted by Gasteiger charge is 2.33. The zero-order valence-electron chi connectivity index (χ0n) is 8.31. The number of likely N-dealkylation sites (N-methyl/N-ethyl adjacent to an activating group) is 1. The molecule has 0 amide bonds. The van der Waals surface area contributed by atoms with Gasteiger partial charge < -0.3 is 9.80 Å². The van der Waals surface area contributed by atoms with Crippen molar-refractivity contribution in [3.05, 3.63) is 11.8 Å². The third-order valence-corrected chi connectivity index (χ3v) is 1.26. The zero-order chi connectivity index (χ0) is 10.6. The maximum Gasteiger partial charge on any atom is 0.415 e. The van der Waals surface area contributed by atoms with Crippen LogP contribution in [0, 0.1) is 0 Å². The Hall–Kier alpha value is -0.710. The maximum atomic E-state index is 12.3. The molecule has 0 aromatic rings. The van der Waals surface area contributed by atoms with Crippen LogP contribution in [0.4, 0.5) is 13.2 Å². The van der Waals surface area contributed by atoms with Crippen molar-refractivity contribution in [1.82, 2.24) is 9.80 Å². The largest absolute Gasteiger partial charge is 0.415 e. The quantitative estimate of drug-likeness (QED) is 0.675. The van der Waals surface area contributed by atoms with Gasteiger partial charge in [0.05, 0.1) is 5.57 Å². The van der Waals surface area contributed by atoms with E-state index < -0.39 is 11.7 Å². The predicted octanol–water partition coefficient (Wildman–Crippen LogP) is 1.56. The van der Waals surface area contributed by atoms with E-state index in [4.69, 9.17) is 0 Å². The van der Waals surface area contributed by atoms with Crippen LogP contribution in [-0.4, -0.2) is 50.7 Å². The maximum absolute atomic E-state index is 12.3. The van der Waals surface area contributed by atoms with Crippen LogP contribution in [0.1, 0.15) is 0 Å². The number of nitrogens with zero attached hydrogens (tertiary/aromatic N) is 2. The van der Waals surface area contributed by atoms with Gasteiger partial charge in [-0.1, -0.05) is 0 Å². The molecule has 0 saturated heterocycles. The molecule has 13 heavy (non-hydrogen) atoms. The highest BCUT2D eigenvalue weighted by molar-refractivity contribution is 5.09. The second-order valence-electron chi connectivity index (χ2n) is 3.35. The number of alkyl halides is 3. The first-order valence-corrected chi connectivity index (χ1v) is 3.82. The van der Waals surface area contributed by atoms with Crippen LogP contribution in [0.2, 0.25) is 0 Å². The van der Waals surface area contributed by atoms with E-state index in [1.807, 2.05) is 0 Å². The number of hydrogen-bond acceptors (Lipinski definition) is 2. The minimum atomic E-state index is -4.24. The lowest BCUT2D eigenvalue weighted by Crippen LogP contribution is -2.26. The van der Waals surface area contributed by atoms with E-state index in [0.717, 1.165) is 6.20 Å². The first kappa shape index (κ1) is 12.3. The Morgan fingerprint density at radius 2 is 1.62 bits per heavy atom. The lowest BCUT2D eigenvalue weighted by Gasteiger charge is -2.18. The molecular formula is C8H15F3N2. The monoisotopic (exact) mass is 196 g/mol. The van der Waals surface area contributed by atoms with E-state index in [1.165, 1.54) is 9.80 Å². The lowest BCUT2D eigenvalue weighted by molar-refractivity contribution is -0.0959. The molecule has 0 rings (SSSR count). The fourth-order valence-corrected chi connectivity index (χ4v) is 0.856. The van der Waals surface area contributed by atoms with Crippen LogP contribution < -0.4 is 0 Å². The second kappa shape index (κ2) is 4.50. The van der Waals surface area contributed by atoms with Crippen LogP contribution in [0.25, 0.3) is 0 Å². The highest BCUT2D eigenvalue weighted by atomic mass is 19.4. The molecule has 5 heteroatoms. The van der Waals surface area contributed by atoms with Crippen LogP contribution in [0.15, 0.2) is 11.8 Å². The number of halogens is 3. The van der Waals surface area contributed by atoms with Crippen molar-refractivity contribution in [2.75, 3.05) is 34.7 Å². The van der Waals surface area contributed by atoms with Crippen molar-refractivity contribution >= 4 is 0 Å². The Bertz CT molecular complexity index is 182. The van der Waals surface area contributed by atoms with Crippen LogP contribution >= 0.6 is 0 Å². The predicted molar refractivity (Wildman–Crippen MR) is 46.4 cm³/mol. The average molecular weight is 196 g/mol. The van der Waals surface area contributed by atoms with Crippen molar-refractivity contribution in [3.8, 4) is 0 Å². The van der Waals surface area contributed by atoms with Gasteiger partial charge in [-0.15, -0.1) is 0 Å². The van der Waals surface area contributed by atoms with E-state index >= 15 is 0 Å². The molecule has 0 heterocycles. The average Bonchev–Trinajstić information content (AvgIpc) is 1.81. The van der Waals surface area contributed by atoms with Gasteiger partial charge in [0, 0.05) is 26.8 Å². The van der Waals surface area contributed by atoms with Crippen LogP contribution in [0.3, 0.4) is 0 Å². The van der Waals surface area contributed by atoms with Gasteiger partial charge in [0.15, 0.2) is 0 Å². The second-order valence-corrected chi connectivity index (χ2v) is 3.35.